The number of fused-ring (bicyclic) bond motifs is 1. The van der Waals surface area contributed by atoms with Gasteiger partial charge < -0.3 is 0 Å². The summed E-state index contributed by atoms with van der Waals surface area (Å²) < 4.78 is 1.31. The van der Waals surface area contributed by atoms with Gasteiger partial charge in [0.05, 0.1) is 0 Å². The highest BCUT2D eigenvalue weighted by Gasteiger charge is 2.30. The Labute approximate surface area is 112 Å². The Balaban J connectivity index is 1.82. The molecule has 0 spiro atoms. The molecule has 1 heterocycles. The van der Waals surface area contributed by atoms with Crippen LogP contribution in [0.1, 0.15) is 43.4 Å². The predicted molar refractivity (Wildman–Crippen MR) is 75.2 cm³/mol. The van der Waals surface area contributed by atoms with Gasteiger partial charge in [-0.15, -0.1) is 0 Å². The zero-order valence-corrected chi connectivity index (χ0v) is 12.0. The van der Waals surface area contributed by atoms with Gasteiger partial charge in [-0.2, -0.15) is 0 Å². The van der Waals surface area contributed by atoms with E-state index in [2.05, 4.69) is 46.0 Å². The number of rotatable bonds is 1. The first-order chi connectivity index (χ1) is 8.25. The number of nitrogens with zero attached hydrogens (tertiary/aromatic N) is 1. The van der Waals surface area contributed by atoms with Crippen molar-refractivity contribution >= 4 is 15.9 Å². The highest BCUT2D eigenvalue weighted by Crippen LogP contribution is 2.40. The third-order valence-corrected chi connectivity index (χ3v) is 5.18. The summed E-state index contributed by atoms with van der Waals surface area (Å²) in [5.74, 6) is 0.926. The molecule has 1 atom stereocenters. The fourth-order valence-corrected chi connectivity index (χ4v) is 3.89. The van der Waals surface area contributed by atoms with Gasteiger partial charge in [-0.25, -0.2) is 0 Å². The fourth-order valence-electron chi connectivity index (χ4n) is 3.31. The summed E-state index contributed by atoms with van der Waals surface area (Å²) in [6, 6.07) is 7.39. The van der Waals surface area contributed by atoms with Gasteiger partial charge in [0.15, 0.2) is 0 Å². The van der Waals surface area contributed by atoms with Gasteiger partial charge >= 0.3 is 0 Å². The molecule has 2 aliphatic rings. The average Bonchev–Trinajstić information content (AvgIpc) is 2.75. The highest BCUT2D eigenvalue weighted by molar-refractivity contribution is 9.10. The summed E-state index contributed by atoms with van der Waals surface area (Å²) in [6.45, 7) is 4.96. The Hall–Kier alpha value is -0.340. The molecule has 17 heavy (non-hydrogen) atoms. The lowest BCUT2D eigenvalue weighted by Gasteiger charge is -2.35. The lowest BCUT2D eigenvalue weighted by atomic mass is 9.96. The van der Waals surface area contributed by atoms with Crippen LogP contribution in [-0.4, -0.2) is 18.0 Å². The van der Waals surface area contributed by atoms with Crippen LogP contribution in [0.3, 0.4) is 0 Å². The van der Waals surface area contributed by atoms with Crippen molar-refractivity contribution in [2.45, 2.75) is 38.6 Å². The molecule has 1 unspecified atom stereocenters. The predicted octanol–water partition coefficient (Wildman–Crippen LogP) is 4.17. The molecule has 3 rings (SSSR count). The number of likely N-dealkylation sites (tertiary alicyclic amines) is 1. The van der Waals surface area contributed by atoms with E-state index in [0.29, 0.717) is 6.04 Å². The van der Waals surface area contributed by atoms with Crippen LogP contribution in [0, 0.1) is 5.92 Å². The molecule has 1 aromatic carbocycles. The molecule has 1 aliphatic heterocycles. The molecule has 92 valence electrons. The minimum absolute atomic E-state index is 0.690. The summed E-state index contributed by atoms with van der Waals surface area (Å²) in [7, 11) is 0. The zero-order chi connectivity index (χ0) is 11.8. The van der Waals surface area contributed by atoms with E-state index in [1.54, 1.807) is 11.1 Å². The second kappa shape index (κ2) is 4.74. The van der Waals surface area contributed by atoms with E-state index in [0.717, 1.165) is 5.92 Å². The molecule has 0 aromatic heterocycles. The molecule has 1 saturated heterocycles. The number of benzene rings is 1. The van der Waals surface area contributed by atoms with Crippen molar-refractivity contribution in [3.05, 3.63) is 33.8 Å². The maximum absolute atomic E-state index is 3.69. The lowest BCUT2D eigenvalue weighted by molar-refractivity contribution is 0.137. The second-order valence-corrected chi connectivity index (χ2v) is 6.43. The lowest BCUT2D eigenvalue weighted by Crippen LogP contribution is -2.35. The van der Waals surface area contributed by atoms with Gasteiger partial charge in [-0.3, -0.25) is 4.90 Å². The molecular weight excluding hydrogens is 274 g/mol. The smallest absolute Gasteiger partial charge is 0.0354 e. The Kier molecular flexibility index (Phi) is 3.27. The number of hydrogen-bond acceptors (Lipinski definition) is 1. The Morgan fingerprint density at radius 1 is 1.18 bits per heavy atom. The third kappa shape index (κ3) is 2.17. The van der Waals surface area contributed by atoms with E-state index in [1.165, 1.54) is 43.2 Å². The molecule has 1 aliphatic carbocycles. The van der Waals surface area contributed by atoms with Crippen LogP contribution in [0.5, 0.6) is 0 Å². The van der Waals surface area contributed by atoms with E-state index in [9.17, 15) is 0 Å². The first kappa shape index (κ1) is 11.7. The van der Waals surface area contributed by atoms with Crippen LogP contribution >= 0.6 is 15.9 Å². The van der Waals surface area contributed by atoms with Gasteiger partial charge in [-0.1, -0.05) is 35.0 Å². The Morgan fingerprint density at radius 2 is 1.94 bits per heavy atom. The summed E-state index contributed by atoms with van der Waals surface area (Å²) in [5, 5.41) is 0. The quantitative estimate of drug-likeness (QED) is 0.751. The summed E-state index contributed by atoms with van der Waals surface area (Å²) in [6.07, 6.45) is 5.31. The molecular formula is C15H20BrN. The standard InChI is InChI=1S/C15H20BrN/c1-11-7-9-17(10-8-11)15-6-5-12-13(15)3-2-4-14(12)16/h2-4,11,15H,5-10H2,1H3. The van der Waals surface area contributed by atoms with E-state index >= 15 is 0 Å². The van der Waals surface area contributed by atoms with Crippen LogP contribution in [0.15, 0.2) is 22.7 Å². The van der Waals surface area contributed by atoms with E-state index in [1.807, 2.05) is 0 Å². The van der Waals surface area contributed by atoms with Crippen molar-refractivity contribution in [2.24, 2.45) is 5.92 Å². The molecule has 0 N–H and O–H groups in total. The van der Waals surface area contributed by atoms with Gasteiger partial charge in [0.2, 0.25) is 0 Å². The number of piperidine rings is 1. The van der Waals surface area contributed by atoms with Crippen molar-refractivity contribution in [1.82, 2.24) is 4.90 Å². The third-order valence-electron chi connectivity index (χ3n) is 4.44. The summed E-state index contributed by atoms with van der Waals surface area (Å²) in [5.41, 5.74) is 3.13. The first-order valence-corrected chi connectivity index (χ1v) is 7.56. The van der Waals surface area contributed by atoms with Crippen molar-refractivity contribution < 1.29 is 0 Å². The monoisotopic (exact) mass is 293 g/mol. The minimum Gasteiger partial charge on any atom is -0.296 e. The van der Waals surface area contributed by atoms with Crippen molar-refractivity contribution in [1.29, 1.82) is 0 Å². The SMILES string of the molecule is CC1CCN(C2CCc3c(Br)cccc32)CC1. The maximum Gasteiger partial charge on any atom is 0.0354 e. The minimum atomic E-state index is 0.690. The van der Waals surface area contributed by atoms with Crippen LogP contribution < -0.4 is 0 Å². The first-order valence-electron chi connectivity index (χ1n) is 6.77. The van der Waals surface area contributed by atoms with Crippen molar-refractivity contribution in [3.8, 4) is 0 Å². The van der Waals surface area contributed by atoms with Gasteiger partial charge in [0.1, 0.15) is 0 Å². The largest absolute Gasteiger partial charge is 0.296 e. The molecule has 1 nitrogen and oxygen atoms in total. The second-order valence-electron chi connectivity index (χ2n) is 5.58. The highest BCUT2D eigenvalue weighted by atomic mass is 79.9. The maximum atomic E-state index is 3.69. The summed E-state index contributed by atoms with van der Waals surface area (Å²) >= 11 is 3.69. The molecule has 1 fully saturated rings. The van der Waals surface area contributed by atoms with Crippen molar-refractivity contribution in [3.63, 3.8) is 0 Å². The van der Waals surface area contributed by atoms with Crippen LogP contribution in [0.25, 0.3) is 0 Å². The molecule has 0 radical (unpaired) electrons. The topological polar surface area (TPSA) is 3.24 Å². The van der Waals surface area contributed by atoms with Gasteiger partial charge in [0, 0.05) is 10.5 Å². The Bertz CT molecular complexity index is 407. The van der Waals surface area contributed by atoms with E-state index in [4.69, 9.17) is 0 Å². The molecule has 1 aromatic rings. The van der Waals surface area contributed by atoms with Gasteiger partial charge in [-0.05, 0) is 61.9 Å². The number of hydrogen-bond donors (Lipinski definition) is 0. The van der Waals surface area contributed by atoms with Crippen LogP contribution in [-0.2, 0) is 6.42 Å². The van der Waals surface area contributed by atoms with Crippen LogP contribution in [0.4, 0.5) is 0 Å². The molecule has 0 bridgehead atoms. The molecule has 0 amide bonds. The summed E-state index contributed by atoms with van der Waals surface area (Å²) in [4.78, 5) is 2.71. The van der Waals surface area contributed by atoms with E-state index < -0.39 is 0 Å². The molecule has 2 heteroatoms. The normalized spacial score (nSPS) is 26.1. The van der Waals surface area contributed by atoms with E-state index in [-0.39, 0.29) is 0 Å². The van der Waals surface area contributed by atoms with Gasteiger partial charge in [0.25, 0.3) is 0 Å². The Morgan fingerprint density at radius 3 is 2.71 bits per heavy atom. The zero-order valence-electron chi connectivity index (χ0n) is 10.5. The van der Waals surface area contributed by atoms with Crippen LogP contribution in [0.2, 0.25) is 0 Å². The fraction of sp³-hybridized carbons (Fsp3) is 0.600. The average molecular weight is 294 g/mol. The number of halogens is 1. The molecule has 0 saturated carbocycles. The van der Waals surface area contributed by atoms with Crippen molar-refractivity contribution in [2.75, 3.05) is 13.1 Å².